The highest BCUT2D eigenvalue weighted by molar-refractivity contribution is 9.10. The zero-order chi connectivity index (χ0) is 13.8. The van der Waals surface area contributed by atoms with Crippen molar-refractivity contribution in [1.29, 1.82) is 0 Å². The molecule has 1 aliphatic heterocycles. The van der Waals surface area contributed by atoms with E-state index in [2.05, 4.69) is 15.9 Å². The van der Waals surface area contributed by atoms with Crippen LogP contribution in [-0.2, 0) is 4.79 Å². The van der Waals surface area contributed by atoms with Crippen molar-refractivity contribution in [3.63, 3.8) is 0 Å². The van der Waals surface area contributed by atoms with E-state index in [-0.39, 0.29) is 17.6 Å². The van der Waals surface area contributed by atoms with Crippen molar-refractivity contribution in [3.05, 3.63) is 34.3 Å². The smallest absolute Gasteiger partial charge is 0.221 e. The van der Waals surface area contributed by atoms with Gasteiger partial charge >= 0.3 is 0 Å². The van der Waals surface area contributed by atoms with Crippen LogP contribution in [0.2, 0.25) is 0 Å². The maximum absolute atomic E-state index is 12.2. The number of ketones is 1. The summed E-state index contributed by atoms with van der Waals surface area (Å²) in [6, 6.07) is 7.36. The van der Waals surface area contributed by atoms with Crippen molar-refractivity contribution in [3.8, 4) is 0 Å². The highest BCUT2D eigenvalue weighted by Gasteiger charge is 2.25. The Bertz CT molecular complexity index is 490. The maximum atomic E-state index is 12.2. The average molecular weight is 325 g/mol. The van der Waals surface area contributed by atoms with Crippen molar-refractivity contribution < 1.29 is 9.59 Å². The molecule has 2 rings (SSSR count). The number of rotatable bonds is 4. The number of benzene rings is 1. The second-order valence-corrected chi connectivity index (χ2v) is 5.83. The predicted octanol–water partition coefficient (Wildman–Crippen LogP) is 1.83. The molecule has 4 nitrogen and oxygen atoms in total. The quantitative estimate of drug-likeness (QED) is 0.859. The van der Waals surface area contributed by atoms with Crippen molar-refractivity contribution in [2.75, 3.05) is 19.6 Å². The molecule has 0 saturated carbocycles. The summed E-state index contributed by atoms with van der Waals surface area (Å²) < 4.78 is 0.895. The molecule has 1 aromatic carbocycles. The highest BCUT2D eigenvalue weighted by Crippen LogP contribution is 2.17. The first-order chi connectivity index (χ1) is 9.06. The number of nitrogens with two attached hydrogens (primary N) is 1. The zero-order valence-electron chi connectivity index (χ0n) is 10.6. The molecule has 0 bridgehead atoms. The van der Waals surface area contributed by atoms with Gasteiger partial charge in [0.2, 0.25) is 5.91 Å². The summed E-state index contributed by atoms with van der Waals surface area (Å²) in [5.41, 5.74) is 6.02. The Morgan fingerprint density at radius 2 is 2.21 bits per heavy atom. The van der Waals surface area contributed by atoms with E-state index < -0.39 is 0 Å². The molecule has 1 aromatic rings. The number of hydrogen-bond donors (Lipinski definition) is 1. The van der Waals surface area contributed by atoms with Crippen molar-refractivity contribution >= 4 is 27.6 Å². The van der Waals surface area contributed by atoms with Gasteiger partial charge in [-0.2, -0.15) is 0 Å². The second kappa shape index (κ2) is 6.30. The van der Waals surface area contributed by atoms with Gasteiger partial charge in [-0.1, -0.05) is 28.1 Å². The lowest BCUT2D eigenvalue weighted by atomic mass is 9.97. The number of halogens is 1. The maximum Gasteiger partial charge on any atom is 0.221 e. The van der Waals surface area contributed by atoms with E-state index in [1.165, 1.54) is 0 Å². The Kier molecular flexibility index (Phi) is 4.71. The molecule has 1 saturated heterocycles. The molecule has 5 heteroatoms. The van der Waals surface area contributed by atoms with E-state index in [4.69, 9.17) is 5.73 Å². The van der Waals surface area contributed by atoms with E-state index in [0.717, 1.165) is 23.9 Å². The van der Waals surface area contributed by atoms with Crippen molar-refractivity contribution in [1.82, 2.24) is 4.90 Å². The standard InChI is InChI=1S/C14H17BrN2O2/c15-12-5-1-3-10(7-12)13(18)9-17-6-2-4-11(8-17)14(16)19/h1,3,5,7,11H,2,4,6,8-9H2,(H2,16,19). The number of carbonyl (C=O) groups excluding carboxylic acids is 2. The van der Waals surface area contributed by atoms with Gasteiger partial charge < -0.3 is 5.73 Å². The van der Waals surface area contributed by atoms with Crippen molar-refractivity contribution in [2.45, 2.75) is 12.8 Å². The molecule has 1 fully saturated rings. The topological polar surface area (TPSA) is 63.4 Å². The summed E-state index contributed by atoms with van der Waals surface area (Å²) in [5.74, 6) is -0.310. The number of Topliss-reactive ketones (excluding diaryl/α,β-unsaturated/α-hetero) is 1. The SMILES string of the molecule is NC(=O)C1CCCN(CC(=O)c2cccc(Br)c2)C1. The van der Waals surface area contributed by atoms with E-state index in [1.807, 2.05) is 29.2 Å². The number of nitrogens with zero attached hydrogens (tertiary/aromatic N) is 1. The van der Waals surface area contributed by atoms with Gasteiger partial charge in [0.15, 0.2) is 5.78 Å². The van der Waals surface area contributed by atoms with Gasteiger partial charge in [-0.05, 0) is 31.5 Å². The molecule has 0 aliphatic carbocycles. The Hall–Kier alpha value is -1.20. The van der Waals surface area contributed by atoms with Gasteiger partial charge in [-0.25, -0.2) is 0 Å². The van der Waals surface area contributed by atoms with E-state index in [1.54, 1.807) is 0 Å². The van der Waals surface area contributed by atoms with Crippen LogP contribution >= 0.6 is 15.9 Å². The van der Waals surface area contributed by atoms with Crippen LogP contribution in [0.15, 0.2) is 28.7 Å². The molecule has 0 spiro atoms. The number of likely N-dealkylation sites (tertiary alicyclic amines) is 1. The molecular weight excluding hydrogens is 308 g/mol. The van der Waals surface area contributed by atoms with Gasteiger partial charge in [0, 0.05) is 16.6 Å². The molecule has 1 heterocycles. The molecule has 2 N–H and O–H groups in total. The molecule has 102 valence electrons. The Morgan fingerprint density at radius 1 is 1.42 bits per heavy atom. The summed E-state index contributed by atoms with van der Waals surface area (Å²) in [4.78, 5) is 25.4. The van der Waals surface area contributed by atoms with Gasteiger partial charge in [0.1, 0.15) is 0 Å². The van der Waals surface area contributed by atoms with Gasteiger partial charge in [-0.3, -0.25) is 14.5 Å². The number of carbonyl (C=O) groups is 2. The summed E-state index contributed by atoms with van der Waals surface area (Å²) in [7, 11) is 0. The lowest BCUT2D eigenvalue weighted by molar-refractivity contribution is -0.123. The van der Waals surface area contributed by atoms with Gasteiger partial charge in [0.25, 0.3) is 0 Å². The fourth-order valence-electron chi connectivity index (χ4n) is 2.39. The minimum Gasteiger partial charge on any atom is -0.369 e. The monoisotopic (exact) mass is 324 g/mol. The van der Waals surface area contributed by atoms with Crippen LogP contribution in [-0.4, -0.2) is 36.2 Å². The Labute approximate surface area is 121 Å². The number of hydrogen-bond acceptors (Lipinski definition) is 3. The fourth-order valence-corrected chi connectivity index (χ4v) is 2.79. The third kappa shape index (κ3) is 3.88. The number of amides is 1. The van der Waals surface area contributed by atoms with Crippen LogP contribution in [0.3, 0.4) is 0 Å². The van der Waals surface area contributed by atoms with Crippen LogP contribution in [0.1, 0.15) is 23.2 Å². The molecule has 0 radical (unpaired) electrons. The van der Waals surface area contributed by atoms with Gasteiger partial charge in [-0.15, -0.1) is 0 Å². The molecular formula is C14H17BrN2O2. The summed E-state index contributed by atoms with van der Waals surface area (Å²) in [6.07, 6.45) is 1.75. The van der Waals surface area contributed by atoms with Crippen LogP contribution in [0.25, 0.3) is 0 Å². The Balaban J connectivity index is 1.97. The predicted molar refractivity (Wildman–Crippen MR) is 76.8 cm³/mol. The van der Waals surface area contributed by atoms with Crippen LogP contribution in [0, 0.1) is 5.92 Å². The zero-order valence-corrected chi connectivity index (χ0v) is 12.2. The second-order valence-electron chi connectivity index (χ2n) is 4.91. The van der Waals surface area contributed by atoms with Crippen LogP contribution < -0.4 is 5.73 Å². The third-order valence-electron chi connectivity index (χ3n) is 3.42. The first-order valence-electron chi connectivity index (χ1n) is 6.36. The van der Waals surface area contributed by atoms with E-state index in [9.17, 15) is 9.59 Å². The average Bonchev–Trinajstić information content (AvgIpc) is 2.39. The molecule has 1 amide bonds. The fraction of sp³-hybridized carbons (Fsp3) is 0.429. The van der Waals surface area contributed by atoms with Gasteiger partial charge in [0.05, 0.1) is 12.5 Å². The Morgan fingerprint density at radius 3 is 2.89 bits per heavy atom. The molecule has 19 heavy (non-hydrogen) atoms. The highest BCUT2D eigenvalue weighted by atomic mass is 79.9. The minimum absolute atomic E-state index is 0.0754. The van der Waals surface area contributed by atoms with Crippen LogP contribution in [0.5, 0.6) is 0 Å². The number of primary amides is 1. The lowest BCUT2D eigenvalue weighted by Crippen LogP contribution is -2.43. The molecule has 0 aromatic heterocycles. The van der Waals surface area contributed by atoms with E-state index in [0.29, 0.717) is 18.7 Å². The summed E-state index contributed by atoms with van der Waals surface area (Å²) in [6.45, 7) is 1.79. The molecule has 1 unspecified atom stereocenters. The summed E-state index contributed by atoms with van der Waals surface area (Å²) in [5, 5.41) is 0. The lowest BCUT2D eigenvalue weighted by Gasteiger charge is -2.30. The minimum atomic E-state index is -0.264. The normalized spacial score (nSPS) is 20.2. The van der Waals surface area contributed by atoms with E-state index >= 15 is 0 Å². The first kappa shape index (κ1) is 14.2. The number of piperidine rings is 1. The molecule has 1 aliphatic rings. The molecule has 1 atom stereocenters. The third-order valence-corrected chi connectivity index (χ3v) is 3.91. The van der Waals surface area contributed by atoms with Crippen LogP contribution in [0.4, 0.5) is 0 Å². The summed E-state index contributed by atoms with van der Waals surface area (Å²) >= 11 is 3.36. The van der Waals surface area contributed by atoms with Crippen molar-refractivity contribution in [2.24, 2.45) is 11.7 Å². The first-order valence-corrected chi connectivity index (χ1v) is 7.16. The largest absolute Gasteiger partial charge is 0.369 e.